The van der Waals surface area contributed by atoms with Crippen molar-refractivity contribution in [1.29, 1.82) is 5.26 Å². The average Bonchev–Trinajstić information content (AvgIpc) is 3.30. The fourth-order valence-electron chi connectivity index (χ4n) is 3.82. The lowest BCUT2D eigenvalue weighted by atomic mass is 9.77. The molecule has 7 nitrogen and oxygen atoms in total. The third-order valence-electron chi connectivity index (χ3n) is 5.11. The van der Waals surface area contributed by atoms with Crippen LogP contribution in [0.1, 0.15) is 46.9 Å². The number of amides is 1. The van der Waals surface area contributed by atoms with Gasteiger partial charge in [0, 0.05) is 23.8 Å². The number of carbonyl (C=O) groups is 1. The van der Waals surface area contributed by atoms with Crippen LogP contribution < -0.4 is 16.2 Å². The number of hydrogen-bond donors (Lipinski definition) is 3. The Bertz CT molecular complexity index is 781. The van der Waals surface area contributed by atoms with Crippen molar-refractivity contribution in [3.63, 3.8) is 0 Å². The zero-order valence-electron chi connectivity index (χ0n) is 13.6. The molecule has 2 aliphatic rings. The standard InChI is InChI=1S/C18H19N5O2/c19-8-11-1-3-16(20-9-11)18(24)21-13-2-4-15-14(7-13)17(23-22-15)12-5-6-25-10-12/h1,3,5-6,9-10,13-15,17,22-23H,2,4,7H2,(H,21,24). The van der Waals surface area contributed by atoms with Gasteiger partial charge in [-0.2, -0.15) is 5.26 Å². The fraction of sp³-hybridized carbons (Fsp3) is 0.389. The highest BCUT2D eigenvalue weighted by Crippen LogP contribution is 2.38. The van der Waals surface area contributed by atoms with Crippen molar-refractivity contribution in [1.82, 2.24) is 21.2 Å². The molecule has 1 aliphatic carbocycles. The Labute approximate surface area is 145 Å². The first-order valence-corrected chi connectivity index (χ1v) is 8.45. The van der Waals surface area contributed by atoms with E-state index in [0.717, 1.165) is 24.8 Å². The van der Waals surface area contributed by atoms with Gasteiger partial charge in [0.05, 0.1) is 24.1 Å². The highest BCUT2D eigenvalue weighted by molar-refractivity contribution is 5.92. The van der Waals surface area contributed by atoms with E-state index in [1.807, 2.05) is 12.1 Å². The first-order valence-electron chi connectivity index (χ1n) is 8.45. The number of hydrazine groups is 1. The maximum Gasteiger partial charge on any atom is 0.270 e. The largest absolute Gasteiger partial charge is 0.472 e. The molecule has 7 heteroatoms. The minimum Gasteiger partial charge on any atom is -0.472 e. The highest BCUT2D eigenvalue weighted by Gasteiger charge is 2.41. The smallest absolute Gasteiger partial charge is 0.270 e. The summed E-state index contributed by atoms with van der Waals surface area (Å²) in [4.78, 5) is 16.5. The molecule has 2 aromatic rings. The zero-order valence-corrected chi connectivity index (χ0v) is 13.6. The molecule has 1 saturated heterocycles. The Morgan fingerprint density at radius 3 is 2.96 bits per heavy atom. The normalized spacial score (nSPS) is 28.1. The summed E-state index contributed by atoms with van der Waals surface area (Å²) in [6.07, 6.45) is 7.69. The first kappa shape index (κ1) is 15.8. The van der Waals surface area contributed by atoms with E-state index in [1.165, 1.54) is 6.20 Å². The van der Waals surface area contributed by atoms with Gasteiger partial charge in [-0.1, -0.05) is 0 Å². The van der Waals surface area contributed by atoms with Crippen LogP contribution in [0, 0.1) is 17.2 Å². The summed E-state index contributed by atoms with van der Waals surface area (Å²) in [7, 11) is 0. The predicted octanol–water partition coefficient (Wildman–Crippen LogP) is 1.66. The van der Waals surface area contributed by atoms with Crippen LogP contribution in [-0.2, 0) is 0 Å². The average molecular weight is 337 g/mol. The molecule has 4 atom stereocenters. The summed E-state index contributed by atoms with van der Waals surface area (Å²) < 4.78 is 5.21. The molecule has 0 spiro atoms. The third kappa shape index (κ3) is 3.14. The summed E-state index contributed by atoms with van der Waals surface area (Å²) >= 11 is 0. The second-order valence-corrected chi connectivity index (χ2v) is 6.62. The number of carbonyl (C=O) groups excluding carboxylic acids is 1. The van der Waals surface area contributed by atoms with E-state index in [1.54, 1.807) is 24.7 Å². The number of nitrogens with zero attached hydrogens (tertiary/aromatic N) is 2. The van der Waals surface area contributed by atoms with Crippen molar-refractivity contribution in [2.75, 3.05) is 0 Å². The zero-order chi connectivity index (χ0) is 17.2. The second-order valence-electron chi connectivity index (χ2n) is 6.62. The van der Waals surface area contributed by atoms with Gasteiger partial charge in [-0.05, 0) is 43.4 Å². The van der Waals surface area contributed by atoms with E-state index >= 15 is 0 Å². The fourth-order valence-corrected chi connectivity index (χ4v) is 3.82. The molecule has 1 aliphatic heterocycles. The van der Waals surface area contributed by atoms with Crippen molar-refractivity contribution in [2.24, 2.45) is 5.92 Å². The summed E-state index contributed by atoms with van der Waals surface area (Å²) in [6, 6.07) is 7.89. The van der Waals surface area contributed by atoms with E-state index in [2.05, 4.69) is 21.2 Å². The highest BCUT2D eigenvalue weighted by atomic mass is 16.3. The summed E-state index contributed by atoms with van der Waals surface area (Å²) in [6.45, 7) is 0. The van der Waals surface area contributed by atoms with Gasteiger partial charge in [-0.3, -0.25) is 10.2 Å². The molecule has 25 heavy (non-hydrogen) atoms. The molecule has 1 amide bonds. The number of nitriles is 1. The van der Waals surface area contributed by atoms with Crippen LogP contribution in [0.15, 0.2) is 41.3 Å². The molecule has 1 saturated carbocycles. The van der Waals surface area contributed by atoms with E-state index in [4.69, 9.17) is 9.68 Å². The molecule has 3 N–H and O–H groups in total. The molecule has 0 bridgehead atoms. The molecular weight excluding hydrogens is 318 g/mol. The van der Waals surface area contributed by atoms with Crippen LogP contribution in [-0.4, -0.2) is 23.0 Å². The minimum absolute atomic E-state index is 0.113. The van der Waals surface area contributed by atoms with Crippen molar-refractivity contribution in [3.8, 4) is 6.07 Å². The number of aromatic nitrogens is 1. The van der Waals surface area contributed by atoms with Crippen molar-refractivity contribution in [2.45, 2.75) is 37.4 Å². The Balaban J connectivity index is 1.42. The van der Waals surface area contributed by atoms with Crippen LogP contribution in [0.2, 0.25) is 0 Å². The quantitative estimate of drug-likeness (QED) is 0.787. The first-order chi connectivity index (χ1) is 12.2. The summed E-state index contributed by atoms with van der Waals surface area (Å²) in [5.41, 5.74) is 8.64. The van der Waals surface area contributed by atoms with Gasteiger partial charge in [0.25, 0.3) is 5.91 Å². The molecule has 0 radical (unpaired) electrons. The Morgan fingerprint density at radius 2 is 2.24 bits per heavy atom. The van der Waals surface area contributed by atoms with Crippen LogP contribution in [0.3, 0.4) is 0 Å². The van der Waals surface area contributed by atoms with Gasteiger partial charge in [0.15, 0.2) is 0 Å². The molecule has 4 unspecified atom stereocenters. The van der Waals surface area contributed by atoms with Crippen molar-refractivity contribution >= 4 is 5.91 Å². The topological polar surface area (TPSA) is 103 Å². The number of furan rings is 1. The second kappa shape index (κ2) is 6.67. The molecule has 2 aromatic heterocycles. The lowest BCUT2D eigenvalue weighted by molar-refractivity contribution is 0.0910. The number of rotatable bonds is 3. The predicted molar refractivity (Wildman–Crippen MR) is 89.1 cm³/mol. The van der Waals surface area contributed by atoms with E-state index in [0.29, 0.717) is 23.2 Å². The molecule has 4 rings (SSSR count). The lowest BCUT2D eigenvalue weighted by Crippen LogP contribution is -2.44. The summed E-state index contributed by atoms with van der Waals surface area (Å²) in [5.74, 6) is 0.206. The summed E-state index contributed by atoms with van der Waals surface area (Å²) in [5, 5.41) is 11.9. The van der Waals surface area contributed by atoms with E-state index < -0.39 is 0 Å². The Morgan fingerprint density at radius 1 is 1.32 bits per heavy atom. The Kier molecular flexibility index (Phi) is 4.22. The third-order valence-corrected chi connectivity index (χ3v) is 5.11. The van der Waals surface area contributed by atoms with Gasteiger partial charge in [0.1, 0.15) is 11.8 Å². The lowest BCUT2D eigenvalue weighted by Gasteiger charge is -2.33. The molecule has 3 heterocycles. The van der Waals surface area contributed by atoms with Crippen LogP contribution in [0.5, 0.6) is 0 Å². The van der Waals surface area contributed by atoms with E-state index in [-0.39, 0.29) is 18.0 Å². The number of pyridine rings is 1. The van der Waals surface area contributed by atoms with Gasteiger partial charge in [0.2, 0.25) is 0 Å². The number of nitrogens with one attached hydrogen (secondary N) is 3. The number of hydrogen-bond acceptors (Lipinski definition) is 6. The Hall–Kier alpha value is -2.69. The van der Waals surface area contributed by atoms with Gasteiger partial charge in [-0.25, -0.2) is 10.4 Å². The molecule has 0 aromatic carbocycles. The maximum atomic E-state index is 12.4. The number of fused-ring (bicyclic) bond motifs is 1. The van der Waals surface area contributed by atoms with Crippen molar-refractivity contribution in [3.05, 3.63) is 53.7 Å². The minimum atomic E-state index is -0.188. The monoisotopic (exact) mass is 337 g/mol. The van der Waals surface area contributed by atoms with Crippen LogP contribution >= 0.6 is 0 Å². The van der Waals surface area contributed by atoms with Crippen molar-refractivity contribution < 1.29 is 9.21 Å². The van der Waals surface area contributed by atoms with Gasteiger partial charge < -0.3 is 9.73 Å². The molecular formula is C18H19N5O2. The molecule has 2 fully saturated rings. The molecule has 128 valence electrons. The van der Waals surface area contributed by atoms with Crippen LogP contribution in [0.25, 0.3) is 0 Å². The van der Waals surface area contributed by atoms with Gasteiger partial charge >= 0.3 is 0 Å². The SMILES string of the molecule is N#Cc1ccc(C(=O)NC2CCC3NNC(c4ccoc4)C3C2)nc1. The van der Waals surface area contributed by atoms with E-state index in [9.17, 15) is 4.79 Å². The van der Waals surface area contributed by atoms with Gasteiger partial charge in [-0.15, -0.1) is 0 Å². The van der Waals surface area contributed by atoms with Crippen LogP contribution in [0.4, 0.5) is 0 Å². The maximum absolute atomic E-state index is 12.4.